The Hall–Kier alpha value is -3.53. The Morgan fingerprint density at radius 1 is 1.24 bits per heavy atom. The Labute approximate surface area is 165 Å². The second kappa shape index (κ2) is 10.1. The van der Waals surface area contributed by atoms with Crippen molar-refractivity contribution >= 4 is 23.3 Å². The van der Waals surface area contributed by atoms with E-state index >= 15 is 0 Å². The molecule has 0 aliphatic carbocycles. The molecule has 1 atom stereocenters. The smallest absolute Gasteiger partial charge is 0.341 e. The normalized spacial score (nSPS) is 11.4. The van der Waals surface area contributed by atoms with Crippen molar-refractivity contribution in [1.82, 2.24) is 5.32 Å². The lowest BCUT2D eigenvalue weighted by molar-refractivity contribution is -0.384. The fraction of sp³-hybridized carbons (Fsp3) is 0.263. The summed E-state index contributed by atoms with van der Waals surface area (Å²) in [5.41, 5.74) is 0.437. The molecule has 0 aromatic heterocycles. The third-order valence-corrected chi connectivity index (χ3v) is 3.89. The molecule has 2 aromatic rings. The van der Waals surface area contributed by atoms with Crippen molar-refractivity contribution in [3.05, 3.63) is 69.5 Å². The van der Waals surface area contributed by atoms with E-state index in [2.05, 4.69) is 10.6 Å². The van der Waals surface area contributed by atoms with Crippen LogP contribution in [0.25, 0.3) is 0 Å². The fourth-order valence-electron chi connectivity index (χ4n) is 2.37. The van der Waals surface area contributed by atoms with E-state index in [0.29, 0.717) is 5.56 Å². The lowest BCUT2D eigenvalue weighted by atomic mass is 10.1. The van der Waals surface area contributed by atoms with Crippen LogP contribution in [0.5, 0.6) is 0 Å². The highest BCUT2D eigenvalue weighted by atomic mass is 19.1. The predicted octanol–water partition coefficient (Wildman–Crippen LogP) is 2.00. The molecule has 0 saturated carbocycles. The molecule has 0 bridgehead atoms. The number of nitrogens with zero attached hydrogens (tertiary/aromatic N) is 1. The lowest BCUT2D eigenvalue weighted by Gasteiger charge is -2.15. The van der Waals surface area contributed by atoms with Crippen molar-refractivity contribution < 1.29 is 28.7 Å². The van der Waals surface area contributed by atoms with Crippen LogP contribution < -0.4 is 10.6 Å². The Kier molecular flexibility index (Phi) is 7.61. The summed E-state index contributed by atoms with van der Waals surface area (Å²) in [5, 5.41) is 25.2. The van der Waals surface area contributed by atoms with Crippen LogP contribution in [0.1, 0.15) is 22.8 Å². The minimum Gasteiger partial charge on any atom is -0.449 e. The minimum atomic E-state index is -1.17. The molecule has 29 heavy (non-hydrogen) atoms. The van der Waals surface area contributed by atoms with E-state index in [1.54, 1.807) is 0 Å². The van der Waals surface area contributed by atoms with Gasteiger partial charge in [-0.15, -0.1) is 0 Å². The SMILES string of the molecule is C[C@@H](OC(=O)c1cc([N+](=O)[O-])ccc1NCCO)C(=O)NCc1ccc(F)cc1. The Bertz CT molecular complexity index is 888. The maximum atomic E-state index is 12.9. The molecule has 3 N–H and O–H groups in total. The molecule has 0 aliphatic heterocycles. The van der Waals surface area contributed by atoms with E-state index in [1.165, 1.54) is 43.3 Å². The maximum absolute atomic E-state index is 12.9. The number of nitro groups is 1. The Morgan fingerprint density at radius 2 is 1.93 bits per heavy atom. The monoisotopic (exact) mass is 405 g/mol. The quantitative estimate of drug-likeness (QED) is 0.330. The van der Waals surface area contributed by atoms with Crippen LogP contribution >= 0.6 is 0 Å². The zero-order valence-electron chi connectivity index (χ0n) is 15.6. The number of halogens is 1. The number of carbonyl (C=O) groups is 2. The second-order valence-corrected chi connectivity index (χ2v) is 6.03. The molecule has 1 amide bonds. The van der Waals surface area contributed by atoms with Gasteiger partial charge in [0.05, 0.1) is 17.1 Å². The molecule has 0 fully saturated rings. The van der Waals surface area contributed by atoms with Gasteiger partial charge in [0.25, 0.3) is 11.6 Å². The summed E-state index contributed by atoms with van der Waals surface area (Å²) < 4.78 is 18.0. The molecule has 2 aromatic carbocycles. The van der Waals surface area contributed by atoms with E-state index in [-0.39, 0.29) is 36.6 Å². The topological polar surface area (TPSA) is 131 Å². The van der Waals surface area contributed by atoms with Gasteiger partial charge in [-0.05, 0) is 30.7 Å². The van der Waals surface area contributed by atoms with Crippen LogP contribution in [0, 0.1) is 15.9 Å². The first-order valence-electron chi connectivity index (χ1n) is 8.68. The zero-order valence-corrected chi connectivity index (χ0v) is 15.6. The van der Waals surface area contributed by atoms with Gasteiger partial charge in [0, 0.05) is 30.9 Å². The summed E-state index contributed by atoms with van der Waals surface area (Å²) in [7, 11) is 0. The maximum Gasteiger partial charge on any atom is 0.341 e. The molecule has 0 aliphatic rings. The number of aliphatic hydroxyl groups is 1. The summed E-state index contributed by atoms with van der Waals surface area (Å²) in [4.78, 5) is 34.9. The number of non-ortho nitro benzene ring substituents is 1. The highest BCUT2D eigenvalue weighted by Crippen LogP contribution is 2.23. The molecule has 0 unspecified atom stereocenters. The van der Waals surface area contributed by atoms with Gasteiger partial charge < -0.3 is 20.5 Å². The standard InChI is InChI=1S/C19H20FN3O6/c1-12(18(25)22-11-13-2-4-14(20)5-3-13)29-19(26)16-10-15(23(27)28)6-7-17(16)21-8-9-24/h2-7,10,12,21,24H,8-9,11H2,1H3,(H,22,25)/t12-/m1/s1. The number of hydrogen-bond donors (Lipinski definition) is 3. The van der Waals surface area contributed by atoms with E-state index in [9.17, 15) is 24.1 Å². The molecule has 2 rings (SSSR count). The number of amides is 1. The molecule has 9 nitrogen and oxygen atoms in total. The van der Waals surface area contributed by atoms with Gasteiger partial charge in [-0.3, -0.25) is 14.9 Å². The first-order valence-corrected chi connectivity index (χ1v) is 8.68. The first-order chi connectivity index (χ1) is 13.8. The highest BCUT2D eigenvalue weighted by Gasteiger charge is 2.23. The summed E-state index contributed by atoms with van der Waals surface area (Å²) in [6.45, 7) is 1.37. The highest BCUT2D eigenvalue weighted by molar-refractivity contribution is 5.98. The fourth-order valence-corrected chi connectivity index (χ4v) is 2.37. The van der Waals surface area contributed by atoms with Crippen LogP contribution in [0.3, 0.4) is 0 Å². The van der Waals surface area contributed by atoms with Crippen LogP contribution in [-0.4, -0.2) is 41.2 Å². The molecular formula is C19H20FN3O6. The third kappa shape index (κ3) is 6.25. The molecule has 0 spiro atoms. The third-order valence-electron chi connectivity index (χ3n) is 3.89. The zero-order chi connectivity index (χ0) is 21.4. The summed E-state index contributed by atoms with van der Waals surface area (Å²) in [5.74, 6) is -1.92. The number of ether oxygens (including phenoxy) is 1. The Morgan fingerprint density at radius 3 is 2.55 bits per heavy atom. The molecule has 0 saturated heterocycles. The van der Waals surface area contributed by atoms with Crippen molar-refractivity contribution in [1.29, 1.82) is 0 Å². The van der Waals surface area contributed by atoms with E-state index in [4.69, 9.17) is 9.84 Å². The summed E-state index contributed by atoms with van der Waals surface area (Å²) in [6.07, 6.45) is -1.17. The number of anilines is 1. The number of benzene rings is 2. The van der Waals surface area contributed by atoms with Gasteiger partial charge in [-0.25, -0.2) is 9.18 Å². The number of nitro benzene ring substituents is 1. The molecule has 154 valence electrons. The largest absolute Gasteiger partial charge is 0.449 e. The number of carbonyl (C=O) groups excluding carboxylic acids is 2. The predicted molar refractivity (Wildman–Crippen MR) is 102 cm³/mol. The van der Waals surface area contributed by atoms with E-state index < -0.39 is 28.7 Å². The molecule has 10 heteroatoms. The van der Waals surface area contributed by atoms with Crippen molar-refractivity contribution in [3.8, 4) is 0 Å². The van der Waals surface area contributed by atoms with Gasteiger partial charge in [-0.2, -0.15) is 0 Å². The van der Waals surface area contributed by atoms with Crippen molar-refractivity contribution in [2.45, 2.75) is 19.6 Å². The Balaban J connectivity index is 2.04. The number of esters is 1. The van der Waals surface area contributed by atoms with Gasteiger partial charge in [0.15, 0.2) is 6.10 Å². The number of hydrogen-bond acceptors (Lipinski definition) is 7. The van der Waals surface area contributed by atoms with Gasteiger partial charge in [-0.1, -0.05) is 12.1 Å². The van der Waals surface area contributed by atoms with Crippen molar-refractivity contribution in [2.75, 3.05) is 18.5 Å². The molecule has 0 radical (unpaired) electrons. The van der Waals surface area contributed by atoms with E-state index in [1.807, 2.05) is 0 Å². The average Bonchev–Trinajstić information content (AvgIpc) is 2.71. The van der Waals surface area contributed by atoms with Gasteiger partial charge in [0.2, 0.25) is 0 Å². The average molecular weight is 405 g/mol. The number of aliphatic hydroxyl groups excluding tert-OH is 1. The summed E-state index contributed by atoms with van der Waals surface area (Å²) in [6, 6.07) is 9.09. The van der Waals surface area contributed by atoms with Crippen LogP contribution in [0.15, 0.2) is 42.5 Å². The number of rotatable bonds is 9. The van der Waals surface area contributed by atoms with Gasteiger partial charge in [0.1, 0.15) is 5.82 Å². The minimum absolute atomic E-state index is 0.112. The second-order valence-electron chi connectivity index (χ2n) is 6.03. The number of nitrogens with one attached hydrogen (secondary N) is 2. The molecular weight excluding hydrogens is 385 g/mol. The summed E-state index contributed by atoms with van der Waals surface area (Å²) >= 11 is 0. The van der Waals surface area contributed by atoms with Crippen LogP contribution in [0.2, 0.25) is 0 Å². The lowest BCUT2D eigenvalue weighted by Crippen LogP contribution is -2.35. The van der Waals surface area contributed by atoms with Crippen LogP contribution in [0.4, 0.5) is 15.8 Å². The molecule has 0 heterocycles. The van der Waals surface area contributed by atoms with Crippen molar-refractivity contribution in [2.24, 2.45) is 0 Å². The van der Waals surface area contributed by atoms with E-state index in [0.717, 1.165) is 6.07 Å². The van der Waals surface area contributed by atoms with Crippen LogP contribution in [-0.2, 0) is 16.1 Å². The van der Waals surface area contributed by atoms with Crippen molar-refractivity contribution in [3.63, 3.8) is 0 Å². The first kappa shape index (κ1) is 21.8. The van der Waals surface area contributed by atoms with Gasteiger partial charge >= 0.3 is 5.97 Å².